The fraction of sp³-hybridized carbons (Fsp3) is 0.813. The first-order valence-electron chi connectivity index (χ1n) is 37.1. The van der Waals surface area contributed by atoms with Crippen LogP contribution in [0.2, 0.25) is 0 Å². The predicted molar refractivity (Wildman–Crippen MR) is 367 cm³/mol. The zero-order chi connectivity index (χ0) is 67.8. The average Bonchev–Trinajstić information content (AvgIpc) is 1.49. The number of hydrogen-bond donors (Lipinski definition) is 1. The van der Waals surface area contributed by atoms with Crippen LogP contribution in [-0.4, -0.2) is 131 Å². The highest BCUT2D eigenvalue weighted by molar-refractivity contribution is 5.72. The van der Waals surface area contributed by atoms with E-state index in [-0.39, 0.29) is 69.3 Å². The molecule has 1 aliphatic heterocycles. The van der Waals surface area contributed by atoms with Crippen LogP contribution in [0.25, 0.3) is 0 Å². The zero-order valence-electron chi connectivity index (χ0n) is 58.9. The Morgan fingerprint density at radius 2 is 0.656 bits per heavy atom. The third-order valence-corrected chi connectivity index (χ3v) is 16.5. The van der Waals surface area contributed by atoms with Crippen LogP contribution in [0.5, 0.6) is 0 Å². The van der Waals surface area contributed by atoms with Crippen LogP contribution >= 0.6 is 0 Å². The molecule has 1 aliphatic rings. The van der Waals surface area contributed by atoms with Gasteiger partial charge in [-0.2, -0.15) is 0 Å². The Balaban J connectivity index is 3.15. The van der Waals surface area contributed by atoms with Crippen molar-refractivity contribution in [1.82, 2.24) is 10.2 Å². The van der Waals surface area contributed by atoms with Gasteiger partial charge in [-0.25, -0.2) is 4.79 Å². The van der Waals surface area contributed by atoms with E-state index < -0.39 is 67.9 Å². The molecule has 1 saturated heterocycles. The van der Waals surface area contributed by atoms with Gasteiger partial charge in [0.2, 0.25) is 0 Å². The summed E-state index contributed by atoms with van der Waals surface area (Å²) < 4.78 is 45.7. The minimum atomic E-state index is -1.50. The van der Waals surface area contributed by atoms with Crippen LogP contribution in [0.1, 0.15) is 310 Å². The van der Waals surface area contributed by atoms with Crippen molar-refractivity contribution in [2.45, 2.75) is 316 Å². The number of ether oxygens (including phenoxy) is 8. The molecule has 93 heavy (non-hydrogen) atoms. The summed E-state index contributed by atoms with van der Waals surface area (Å²) in [5, 5.41) is 2.88. The number of alkyl carbamates (subject to hydrolysis) is 1. The molecule has 1 unspecified atom stereocenters. The number of carbonyl (C=O) groups is 8. The average molecular weight is 1320 g/mol. The first-order valence-corrected chi connectivity index (χ1v) is 37.1. The predicted octanol–water partition coefficient (Wildman–Crippen LogP) is 17.1. The second kappa shape index (κ2) is 62.8. The van der Waals surface area contributed by atoms with E-state index in [1.54, 1.807) is 0 Å². The van der Waals surface area contributed by atoms with Crippen LogP contribution < -0.4 is 5.32 Å². The van der Waals surface area contributed by atoms with Gasteiger partial charge in [0.25, 0.3) is 0 Å². The van der Waals surface area contributed by atoms with E-state index in [4.69, 9.17) is 37.9 Å². The molecular formula is C75H130N2O16. The van der Waals surface area contributed by atoms with Gasteiger partial charge in [0.15, 0.2) is 0 Å². The van der Waals surface area contributed by atoms with Crippen molar-refractivity contribution < 1.29 is 76.3 Å². The molecule has 1 rings (SSSR count). The molecule has 536 valence electrons. The first-order chi connectivity index (χ1) is 45.3. The van der Waals surface area contributed by atoms with Crippen molar-refractivity contribution in [2.75, 3.05) is 72.4 Å². The second-order valence-corrected chi connectivity index (χ2v) is 25.4. The maximum atomic E-state index is 13.8. The number of nitrogens with zero attached hydrogens (tertiary/aromatic N) is 1. The van der Waals surface area contributed by atoms with Crippen LogP contribution in [0.4, 0.5) is 4.79 Å². The summed E-state index contributed by atoms with van der Waals surface area (Å²) in [6.07, 6.45) is 44.8. The highest BCUT2D eigenvalue weighted by Gasteiger charge is 2.38. The van der Waals surface area contributed by atoms with Crippen LogP contribution in [0.15, 0.2) is 36.5 Å². The largest absolute Gasteiger partial charge is 0.465 e. The number of rotatable bonds is 64. The van der Waals surface area contributed by atoms with E-state index in [0.29, 0.717) is 129 Å². The molecule has 0 aromatic rings. The molecule has 1 N–H and O–H groups in total. The highest BCUT2D eigenvalue weighted by Crippen LogP contribution is 2.25. The van der Waals surface area contributed by atoms with Gasteiger partial charge in [0.1, 0.15) is 37.9 Å². The first kappa shape index (κ1) is 85.8. The molecular weight excluding hydrogens is 1180 g/mol. The van der Waals surface area contributed by atoms with E-state index in [0.717, 1.165) is 110 Å². The highest BCUT2D eigenvalue weighted by atomic mass is 16.6. The second-order valence-electron chi connectivity index (χ2n) is 25.4. The number of amides is 1. The minimum Gasteiger partial charge on any atom is -0.465 e. The number of allylic oxidation sites excluding steroid dienone is 3. The van der Waals surface area contributed by atoms with Gasteiger partial charge in [-0.3, -0.25) is 33.6 Å². The Morgan fingerprint density at radius 1 is 0.355 bits per heavy atom. The standard InChI is InChI=1S/C75H130N2O16/c1-5-9-13-17-21-31-43-59-86-67(78)47-35-25-28-38-50-70(81)89-62-75(63-90-71(82)51-39-29-26-36-48-68(79)87-60-44-32-22-18-14-10-6-2,64-91-72(83)52-40-30-27-37-49-69(80)88-61-45-33-23-19-15-11-7-3)65-92-73(84)54-53-66(46-34-24-20-16-12-8-4)93-74(85)76-55-58-77-56-41-42-57-77/h21-23,31-33,66H,5-20,24-30,34-65H2,1-4H3,(H,76,85)/b31-21-,32-22-,33-23-. The number of hydrogen-bond acceptors (Lipinski definition) is 17. The van der Waals surface area contributed by atoms with E-state index >= 15 is 0 Å². The Bertz CT molecular complexity index is 1840. The number of nitrogens with one attached hydrogen (secondary N) is 1. The molecule has 18 nitrogen and oxygen atoms in total. The maximum Gasteiger partial charge on any atom is 0.407 e. The van der Waals surface area contributed by atoms with Gasteiger partial charge in [-0.15, -0.1) is 0 Å². The SMILES string of the molecule is CCCCC/C=C\CCOC(=O)CCCCCCC(=O)OCC(COC(=O)CCCCCCC(=O)OCC/C=C\CCCCC)(COC(=O)CCCCCCC(=O)OCC/C=C\CCCCC)COC(=O)CCC(CCCCCCCC)OC(=O)NCCN1CCCC1. The lowest BCUT2D eigenvalue weighted by Gasteiger charge is -2.31. The van der Waals surface area contributed by atoms with E-state index in [1.165, 1.54) is 38.5 Å². The Kier molecular flexibility index (Phi) is 57.9. The third kappa shape index (κ3) is 55.7. The Hall–Kier alpha value is -5.26. The molecule has 0 spiro atoms. The fourth-order valence-corrected chi connectivity index (χ4v) is 10.5. The quantitative estimate of drug-likeness (QED) is 0.0258. The number of carbonyl (C=O) groups excluding carboxylic acids is 8. The normalized spacial score (nSPS) is 12.9. The van der Waals surface area contributed by atoms with Crippen molar-refractivity contribution in [3.63, 3.8) is 0 Å². The lowest BCUT2D eigenvalue weighted by atomic mass is 9.92. The summed E-state index contributed by atoms with van der Waals surface area (Å²) in [6, 6.07) is 0. The topological polar surface area (TPSA) is 226 Å². The summed E-state index contributed by atoms with van der Waals surface area (Å²) >= 11 is 0. The molecule has 1 heterocycles. The summed E-state index contributed by atoms with van der Waals surface area (Å²) in [5.41, 5.74) is -1.50. The van der Waals surface area contributed by atoms with Crippen LogP contribution in [0, 0.1) is 5.41 Å². The van der Waals surface area contributed by atoms with Gasteiger partial charge >= 0.3 is 47.9 Å². The number of likely N-dealkylation sites (tertiary alicyclic amines) is 1. The van der Waals surface area contributed by atoms with Gasteiger partial charge in [0, 0.05) is 58.0 Å². The van der Waals surface area contributed by atoms with Crippen molar-refractivity contribution in [1.29, 1.82) is 0 Å². The maximum absolute atomic E-state index is 13.8. The van der Waals surface area contributed by atoms with Crippen molar-refractivity contribution in [2.24, 2.45) is 5.41 Å². The third-order valence-electron chi connectivity index (χ3n) is 16.5. The molecule has 0 aromatic heterocycles. The number of unbranched alkanes of at least 4 members (excludes halogenated alkanes) is 23. The van der Waals surface area contributed by atoms with E-state index in [1.807, 2.05) is 0 Å². The molecule has 0 saturated carbocycles. The Morgan fingerprint density at radius 3 is 1.02 bits per heavy atom. The summed E-state index contributed by atoms with van der Waals surface area (Å²) in [4.78, 5) is 107. The molecule has 0 aromatic carbocycles. The summed E-state index contributed by atoms with van der Waals surface area (Å²) in [6.45, 7) is 11.3. The Labute approximate surface area is 562 Å². The summed E-state index contributed by atoms with van der Waals surface area (Å²) in [7, 11) is 0. The van der Waals surface area contributed by atoms with E-state index in [2.05, 4.69) is 74.4 Å². The van der Waals surface area contributed by atoms with Crippen molar-refractivity contribution in [3.8, 4) is 0 Å². The lowest BCUT2D eigenvalue weighted by molar-refractivity contribution is -0.171. The molecule has 18 heteroatoms. The minimum absolute atomic E-state index is 0.0544. The molecule has 1 amide bonds. The number of esters is 7. The van der Waals surface area contributed by atoms with Gasteiger partial charge in [0.05, 0.1) is 19.8 Å². The molecule has 0 radical (unpaired) electrons. The van der Waals surface area contributed by atoms with Gasteiger partial charge < -0.3 is 48.1 Å². The van der Waals surface area contributed by atoms with Crippen LogP contribution in [-0.2, 0) is 71.5 Å². The zero-order valence-corrected chi connectivity index (χ0v) is 58.9. The van der Waals surface area contributed by atoms with Gasteiger partial charge in [-0.1, -0.05) is 173 Å². The lowest BCUT2D eigenvalue weighted by Crippen LogP contribution is -2.44. The van der Waals surface area contributed by atoms with Crippen molar-refractivity contribution >= 4 is 47.9 Å². The van der Waals surface area contributed by atoms with Gasteiger partial charge in [-0.05, 0) is 142 Å². The monoisotopic (exact) mass is 1310 g/mol. The molecule has 0 aliphatic carbocycles. The van der Waals surface area contributed by atoms with Crippen LogP contribution in [0.3, 0.4) is 0 Å². The summed E-state index contributed by atoms with van der Waals surface area (Å²) in [5.74, 6) is -3.00. The molecule has 1 atom stereocenters. The molecule has 1 fully saturated rings. The van der Waals surface area contributed by atoms with Crippen molar-refractivity contribution in [3.05, 3.63) is 36.5 Å². The smallest absolute Gasteiger partial charge is 0.407 e. The fourth-order valence-electron chi connectivity index (χ4n) is 10.5. The molecule has 0 bridgehead atoms. The van der Waals surface area contributed by atoms with E-state index in [9.17, 15) is 38.4 Å².